The third kappa shape index (κ3) is 4.55. The zero-order chi connectivity index (χ0) is 23.5. The fraction of sp³-hybridized carbons (Fsp3) is 0.320. The second-order valence-corrected chi connectivity index (χ2v) is 8.39. The fourth-order valence-corrected chi connectivity index (χ4v) is 3.84. The lowest BCUT2D eigenvalue weighted by molar-refractivity contribution is -0.140. The van der Waals surface area contributed by atoms with E-state index in [1.807, 2.05) is 44.3 Å². The van der Waals surface area contributed by atoms with Gasteiger partial charge in [0.1, 0.15) is 5.75 Å². The van der Waals surface area contributed by atoms with Crippen LogP contribution in [0.25, 0.3) is 21.8 Å². The second kappa shape index (κ2) is 9.36. The molecule has 0 saturated carbocycles. The third-order valence-corrected chi connectivity index (χ3v) is 5.55. The Morgan fingerprint density at radius 1 is 1.06 bits per heavy atom. The Morgan fingerprint density at radius 2 is 1.85 bits per heavy atom. The highest BCUT2D eigenvalue weighted by atomic mass is 16.5. The predicted octanol–water partition coefficient (Wildman–Crippen LogP) is 3.29. The largest absolute Gasteiger partial charge is 0.493 e. The van der Waals surface area contributed by atoms with Gasteiger partial charge in [0.2, 0.25) is 0 Å². The third-order valence-electron chi connectivity index (χ3n) is 5.55. The van der Waals surface area contributed by atoms with Crippen molar-refractivity contribution in [3.05, 3.63) is 75.1 Å². The zero-order valence-corrected chi connectivity index (χ0v) is 19.0. The normalized spacial score (nSPS) is 11.4. The summed E-state index contributed by atoms with van der Waals surface area (Å²) >= 11 is 0. The van der Waals surface area contributed by atoms with Crippen LogP contribution in [0.15, 0.2) is 58.3 Å². The molecule has 1 N–H and O–H groups in total. The zero-order valence-electron chi connectivity index (χ0n) is 19.0. The predicted molar refractivity (Wildman–Crippen MR) is 127 cm³/mol. The van der Waals surface area contributed by atoms with Gasteiger partial charge in [-0.3, -0.25) is 18.7 Å². The molecule has 0 bridgehead atoms. The van der Waals surface area contributed by atoms with E-state index < -0.39 is 17.2 Å². The first kappa shape index (κ1) is 22.4. The van der Waals surface area contributed by atoms with E-state index in [9.17, 15) is 14.4 Å². The minimum Gasteiger partial charge on any atom is -0.493 e. The second-order valence-electron chi connectivity index (χ2n) is 8.39. The van der Waals surface area contributed by atoms with Crippen molar-refractivity contribution in [1.29, 1.82) is 0 Å². The lowest BCUT2D eigenvalue weighted by Crippen LogP contribution is -2.40. The number of nitrogens with one attached hydrogen (secondary N) is 1. The molecule has 0 amide bonds. The van der Waals surface area contributed by atoms with E-state index in [0.717, 1.165) is 21.0 Å². The standard InChI is InChI=1S/C25H27N3O5/c1-16(2)15-33-18-8-9-22-20(12-18)24(30)27(11-10-23(29)32-3)25(31)28(22)14-17-13-26-21-7-5-4-6-19(17)21/h4-9,12-13,16,26H,10-11,14-15H2,1-3H3. The van der Waals surface area contributed by atoms with E-state index >= 15 is 0 Å². The summed E-state index contributed by atoms with van der Waals surface area (Å²) in [6.45, 7) is 4.80. The summed E-state index contributed by atoms with van der Waals surface area (Å²) in [5.41, 5.74) is 1.48. The molecule has 0 radical (unpaired) electrons. The average Bonchev–Trinajstić information content (AvgIpc) is 3.23. The van der Waals surface area contributed by atoms with Crippen molar-refractivity contribution in [1.82, 2.24) is 14.1 Å². The molecule has 8 nitrogen and oxygen atoms in total. The maximum absolute atomic E-state index is 13.4. The molecule has 0 fully saturated rings. The van der Waals surface area contributed by atoms with Crippen LogP contribution in [-0.2, 0) is 22.6 Å². The number of ether oxygens (including phenoxy) is 2. The summed E-state index contributed by atoms with van der Waals surface area (Å²) in [6, 6.07) is 13.0. The summed E-state index contributed by atoms with van der Waals surface area (Å²) in [6.07, 6.45) is 1.79. The number of esters is 1. The molecule has 2 aromatic heterocycles. The van der Waals surface area contributed by atoms with Crippen LogP contribution in [0.3, 0.4) is 0 Å². The van der Waals surface area contributed by atoms with Crippen LogP contribution >= 0.6 is 0 Å². The van der Waals surface area contributed by atoms with Crippen LogP contribution < -0.4 is 16.0 Å². The van der Waals surface area contributed by atoms with E-state index in [4.69, 9.17) is 4.74 Å². The van der Waals surface area contributed by atoms with Crippen molar-refractivity contribution < 1.29 is 14.3 Å². The fourth-order valence-electron chi connectivity index (χ4n) is 3.84. The molecule has 172 valence electrons. The number of H-pyrrole nitrogens is 1. The number of hydrogen-bond acceptors (Lipinski definition) is 5. The number of para-hydroxylation sites is 1. The summed E-state index contributed by atoms with van der Waals surface area (Å²) < 4.78 is 13.2. The number of carbonyl (C=O) groups excluding carboxylic acids is 1. The number of fused-ring (bicyclic) bond motifs is 2. The molecule has 2 heterocycles. The van der Waals surface area contributed by atoms with Gasteiger partial charge in [0, 0.05) is 23.6 Å². The smallest absolute Gasteiger partial charge is 0.331 e. The highest BCUT2D eigenvalue weighted by Gasteiger charge is 2.17. The Labute approximate surface area is 190 Å². The maximum Gasteiger partial charge on any atom is 0.331 e. The molecule has 4 aromatic rings. The topological polar surface area (TPSA) is 95.3 Å². The minimum atomic E-state index is -0.487. The molecule has 0 saturated heterocycles. The van der Waals surface area contributed by atoms with E-state index in [0.29, 0.717) is 29.2 Å². The van der Waals surface area contributed by atoms with Crippen molar-refractivity contribution in [3.63, 3.8) is 0 Å². The van der Waals surface area contributed by atoms with Crippen molar-refractivity contribution in [2.45, 2.75) is 33.4 Å². The minimum absolute atomic E-state index is 0.0642. The van der Waals surface area contributed by atoms with Gasteiger partial charge >= 0.3 is 11.7 Å². The quantitative estimate of drug-likeness (QED) is 0.417. The van der Waals surface area contributed by atoms with Gasteiger partial charge in [-0.1, -0.05) is 32.0 Å². The van der Waals surface area contributed by atoms with Crippen molar-refractivity contribution >= 4 is 27.8 Å². The Hall–Kier alpha value is -3.81. The summed E-state index contributed by atoms with van der Waals surface area (Å²) in [5, 5.41) is 1.36. The van der Waals surface area contributed by atoms with E-state index in [1.54, 1.807) is 22.8 Å². The molecule has 4 rings (SSSR count). The van der Waals surface area contributed by atoms with Crippen molar-refractivity contribution in [2.24, 2.45) is 5.92 Å². The Balaban J connectivity index is 1.86. The molecule has 8 heteroatoms. The summed E-state index contributed by atoms with van der Waals surface area (Å²) in [7, 11) is 1.28. The SMILES string of the molecule is COC(=O)CCn1c(=O)c2cc(OCC(C)C)ccc2n(Cc2c[nH]c3ccccc23)c1=O. The van der Waals surface area contributed by atoms with Gasteiger partial charge in [-0.25, -0.2) is 4.79 Å². The lowest BCUT2D eigenvalue weighted by Gasteiger charge is -2.15. The molecule has 0 spiro atoms. The monoisotopic (exact) mass is 449 g/mol. The van der Waals surface area contributed by atoms with Gasteiger partial charge in [0.05, 0.1) is 37.6 Å². The number of rotatable bonds is 8. The van der Waals surface area contributed by atoms with Crippen molar-refractivity contribution in [2.75, 3.05) is 13.7 Å². The molecular formula is C25H27N3O5. The van der Waals surface area contributed by atoms with Gasteiger partial charge in [-0.05, 0) is 35.7 Å². The van der Waals surface area contributed by atoms with Gasteiger partial charge in [-0.15, -0.1) is 0 Å². The molecule has 0 aliphatic carbocycles. The van der Waals surface area contributed by atoms with Crippen LogP contribution in [0.5, 0.6) is 5.75 Å². The summed E-state index contributed by atoms with van der Waals surface area (Å²) in [5.74, 6) is 0.400. The number of hydrogen-bond donors (Lipinski definition) is 1. The van der Waals surface area contributed by atoms with Gasteiger partial charge in [-0.2, -0.15) is 0 Å². The van der Waals surface area contributed by atoms with Crippen LogP contribution in [0.2, 0.25) is 0 Å². The maximum atomic E-state index is 13.4. The first-order chi connectivity index (χ1) is 15.9. The molecule has 2 aromatic carbocycles. The highest BCUT2D eigenvalue weighted by Crippen LogP contribution is 2.22. The molecule has 0 aliphatic rings. The van der Waals surface area contributed by atoms with Gasteiger partial charge in [0.15, 0.2) is 0 Å². The van der Waals surface area contributed by atoms with Gasteiger partial charge < -0.3 is 14.5 Å². The Kier molecular flexibility index (Phi) is 6.35. The van der Waals surface area contributed by atoms with E-state index in [2.05, 4.69) is 9.72 Å². The molecule has 33 heavy (non-hydrogen) atoms. The number of carbonyl (C=O) groups is 1. The van der Waals surface area contributed by atoms with Gasteiger partial charge in [0.25, 0.3) is 5.56 Å². The number of methoxy groups -OCH3 is 1. The highest BCUT2D eigenvalue weighted by molar-refractivity contribution is 5.84. The molecule has 0 atom stereocenters. The number of nitrogens with zero attached hydrogens (tertiary/aromatic N) is 2. The first-order valence-electron chi connectivity index (χ1n) is 10.9. The van der Waals surface area contributed by atoms with E-state index in [1.165, 1.54) is 7.11 Å². The van der Waals surface area contributed by atoms with Crippen LogP contribution in [-0.4, -0.2) is 33.8 Å². The number of aromatic nitrogens is 3. The van der Waals surface area contributed by atoms with Crippen LogP contribution in [0, 0.1) is 5.92 Å². The van der Waals surface area contributed by atoms with Crippen LogP contribution in [0.1, 0.15) is 25.8 Å². The lowest BCUT2D eigenvalue weighted by atomic mass is 10.1. The first-order valence-corrected chi connectivity index (χ1v) is 10.9. The van der Waals surface area contributed by atoms with E-state index in [-0.39, 0.29) is 19.5 Å². The Morgan fingerprint density at radius 3 is 2.61 bits per heavy atom. The van der Waals surface area contributed by atoms with Crippen LogP contribution in [0.4, 0.5) is 0 Å². The average molecular weight is 450 g/mol. The number of aromatic amines is 1. The van der Waals surface area contributed by atoms with Crippen molar-refractivity contribution in [3.8, 4) is 5.75 Å². The summed E-state index contributed by atoms with van der Waals surface area (Å²) in [4.78, 5) is 41.6. The molecular weight excluding hydrogens is 422 g/mol. The number of benzene rings is 2. The Bertz CT molecular complexity index is 1430. The molecule has 0 aliphatic heterocycles. The molecule has 0 unspecified atom stereocenters.